The third kappa shape index (κ3) is 4.12. The summed E-state index contributed by atoms with van der Waals surface area (Å²) in [7, 11) is 1.66. The lowest BCUT2D eigenvalue weighted by Gasteiger charge is -2.23. The Morgan fingerprint density at radius 2 is 1.83 bits per heavy atom. The van der Waals surface area contributed by atoms with Crippen molar-refractivity contribution in [2.24, 2.45) is 0 Å². The number of aromatic nitrogens is 4. The van der Waals surface area contributed by atoms with E-state index in [1.54, 1.807) is 13.2 Å². The molecule has 0 unspecified atom stereocenters. The van der Waals surface area contributed by atoms with Crippen LogP contribution in [-0.4, -0.2) is 58.0 Å². The molecule has 1 saturated heterocycles. The summed E-state index contributed by atoms with van der Waals surface area (Å²) >= 11 is 0. The Labute approximate surface area is 165 Å². The molecule has 3 aromatic rings. The van der Waals surface area contributed by atoms with Gasteiger partial charge in [-0.05, 0) is 24.6 Å². The maximum atomic E-state index is 13.1. The molecule has 2 aromatic heterocycles. The van der Waals surface area contributed by atoms with E-state index >= 15 is 0 Å². The SMILES string of the molecule is COc1ccccc1CN1CCCN(c2ccc3nnc(C(F)(F)F)n3n2)CC1. The first-order valence-corrected chi connectivity index (χ1v) is 9.34. The van der Waals surface area contributed by atoms with Gasteiger partial charge in [-0.2, -0.15) is 17.7 Å². The number of para-hydroxylation sites is 1. The summed E-state index contributed by atoms with van der Waals surface area (Å²) in [6.45, 7) is 3.79. The fourth-order valence-corrected chi connectivity index (χ4v) is 3.56. The van der Waals surface area contributed by atoms with E-state index in [2.05, 4.69) is 20.2 Å². The van der Waals surface area contributed by atoms with Crippen LogP contribution in [0.15, 0.2) is 36.4 Å². The van der Waals surface area contributed by atoms with Crippen molar-refractivity contribution in [2.45, 2.75) is 19.1 Å². The molecule has 1 aliphatic rings. The minimum Gasteiger partial charge on any atom is -0.496 e. The van der Waals surface area contributed by atoms with E-state index in [4.69, 9.17) is 4.74 Å². The average Bonchev–Trinajstić information content (AvgIpc) is 3.01. The highest BCUT2D eigenvalue weighted by atomic mass is 19.4. The smallest absolute Gasteiger partial charge is 0.453 e. The molecule has 0 amide bonds. The van der Waals surface area contributed by atoms with E-state index in [9.17, 15) is 13.2 Å². The highest BCUT2D eigenvalue weighted by molar-refractivity contribution is 5.46. The van der Waals surface area contributed by atoms with E-state index in [1.165, 1.54) is 6.07 Å². The number of fused-ring (bicyclic) bond motifs is 1. The maximum absolute atomic E-state index is 13.1. The van der Waals surface area contributed by atoms with Gasteiger partial charge in [0.25, 0.3) is 5.82 Å². The van der Waals surface area contributed by atoms with Crippen LogP contribution in [0.2, 0.25) is 0 Å². The summed E-state index contributed by atoms with van der Waals surface area (Å²) in [4.78, 5) is 4.32. The number of benzene rings is 1. The molecule has 0 bridgehead atoms. The van der Waals surface area contributed by atoms with E-state index in [-0.39, 0.29) is 5.65 Å². The van der Waals surface area contributed by atoms with Gasteiger partial charge in [-0.3, -0.25) is 4.90 Å². The van der Waals surface area contributed by atoms with Crippen molar-refractivity contribution in [2.75, 3.05) is 38.2 Å². The lowest BCUT2D eigenvalue weighted by Crippen LogP contribution is -2.31. The predicted molar refractivity (Wildman–Crippen MR) is 101 cm³/mol. The van der Waals surface area contributed by atoms with E-state index in [0.29, 0.717) is 18.9 Å². The van der Waals surface area contributed by atoms with Crippen molar-refractivity contribution in [3.63, 3.8) is 0 Å². The summed E-state index contributed by atoms with van der Waals surface area (Å²) in [5.41, 5.74) is 1.19. The lowest BCUT2D eigenvalue weighted by atomic mass is 10.2. The minimum absolute atomic E-state index is 0.0775. The maximum Gasteiger partial charge on any atom is 0.453 e. The van der Waals surface area contributed by atoms with Gasteiger partial charge in [0.15, 0.2) is 5.65 Å². The predicted octanol–water partition coefficient (Wildman–Crippen LogP) is 2.86. The summed E-state index contributed by atoms with van der Waals surface area (Å²) in [5.74, 6) is 0.233. The quantitative estimate of drug-likeness (QED) is 0.664. The Balaban J connectivity index is 1.50. The summed E-state index contributed by atoms with van der Waals surface area (Å²) in [5, 5.41) is 11.0. The summed E-state index contributed by atoms with van der Waals surface area (Å²) in [6, 6.07) is 11.1. The third-order valence-electron chi connectivity index (χ3n) is 5.00. The molecule has 0 N–H and O–H groups in total. The lowest BCUT2D eigenvalue weighted by molar-refractivity contribution is -0.146. The van der Waals surface area contributed by atoms with Crippen molar-refractivity contribution in [1.82, 2.24) is 24.7 Å². The fraction of sp³-hybridized carbons (Fsp3) is 0.421. The molecule has 1 aliphatic heterocycles. The van der Waals surface area contributed by atoms with Crippen LogP contribution >= 0.6 is 0 Å². The molecule has 4 rings (SSSR count). The van der Waals surface area contributed by atoms with Crippen LogP contribution in [0.3, 0.4) is 0 Å². The molecule has 0 radical (unpaired) electrons. The molecule has 1 fully saturated rings. The number of anilines is 1. The van der Waals surface area contributed by atoms with Gasteiger partial charge in [0.1, 0.15) is 11.6 Å². The van der Waals surface area contributed by atoms with Gasteiger partial charge in [-0.15, -0.1) is 15.3 Å². The zero-order valence-corrected chi connectivity index (χ0v) is 15.9. The largest absolute Gasteiger partial charge is 0.496 e. The Kier molecular flexibility index (Phi) is 5.27. The van der Waals surface area contributed by atoms with Crippen molar-refractivity contribution in [3.8, 4) is 5.75 Å². The second kappa shape index (κ2) is 7.86. The monoisotopic (exact) mass is 406 g/mol. The first-order valence-electron chi connectivity index (χ1n) is 9.34. The second-order valence-electron chi connectivity index (χ2n) is 6.91. The van der Waals surface area contributed by atoms with Crippen LogP contribution in [0.25, 0.3) is 5.65 Å². The number of halogens is 3. The van der Waals surface area contributed by atoms with E-state index < -0.39 is 12.0 Å². The van der Waals surface area contributed by atoms with E-state index in [0.717, 1.165) is 41.9 Å². The van der Waals surface area contributed by atoms with Gasteiger partial charge in [0.05, 0.1) is 7.11 Å². The Morgan fingerprint density at radius 3 is 2.62 bits per heavy atom. The molecule has 0 aliphatic carbocycles. The molecule has 10 heteroatoms. The van der Waals surface area contributed by atoms with Gasteiger partial charge in [0, 0.05) is 38.3 Å². The minimum atomic E-state index is -4.60. The second-order valence-corrected chi connectivity index (χ2v) is 6.91. The zero-order chi connectivity index (χ0) is 20.4. The Hall–Kier alpha value is -2.88. The number of hydrogen-bond donors (Lipinski definition) is 0. The van der Waals surface area contributed by atoms with Crippen LogP contribution in [-0.2, 0) is 12.7 Å². The van der Waals surface area contributed by atoms with Crippen LogP contribution < -0.4 is 9.64 Å². The van der Waals surface area contributed by atoms with Crippen LogP contribution in [0.4, 0.5) is 19.0 Å². The molecule has 7 nitrogen and oxygen atoms in total. The number of rotatable bonds is 4. The molecule has 0 saturated carbocycles. The van der Waals surface area contributed by atoms with E-state index in [1.807, 2.05) is 29.2 Å². The number of alkyl halides is 3. The number of methoxy groups -OCH3 is 1. The standard InChI is InChI=1S/C19H21F3N6O/c1-29-15-6-3-2-5-14(15)13-26-9-4-10-27(12-11-26)17-8-7-16-23-24-18(19(20,21)22)28(16)25-17/h2-3,5-8H,4,9-13H2,1H3. The molecular formula is C19H21F3N6O. The number of hydrogen-bond acceptors (Lipinski definition) is 6. The highest BCUT2D eigenvalue weighted by Crippen LogP contribution is 2.28. The van der Waals surface area contributed by atoms with Crippen LogP contribution in [0.1, 0.15) is 17.8 Å². The van der Waals surface area contributed by atoms with Gasteiger partial charge >= 0.3 is 6.18 Å². The summed E-state index contributed by atoms with van der Waals surface area (Å²) < 4.78 is 45.5. The Bertz CT molecular complexity index is 989. The zero-order valence-electron chi connectivity index (χ0n) is 15.9. The number of ether oxygens (including phenoxy) is 1. The summed E-state index contributed by atoms with van der Waals surface area (Å²) in [6.07, 6.45) is -3.72. The topological polar surface area (TPSA) is 58.8 Å². The average molecular weight is 406 g/mol. The highest BCUT2D eigenvalue weighted by Gasteiger charge is 2.37. The molecule has 3 heterocycles. The first kappa shape index (κ1) is 19.4. The van der Waals surface area contributed by atoms with Crippen molar-refractivity contribution in [3.05, 3.63) is 47.8 Å². The van der Waals surface area contributed by atoms with Crippen molar-refractivity contribution < 1.29 is 17.9 Å². The van der Waals surface area contributed by atoms with Gasteiger partial charge in [-0.1, -0.05) is 18.2 Å². The van der Waals surface area contributed by atoms with Crippen LogP contribution in [0, 0.1) is 0 Å². The molecule has 0 atom stereocenters. The van der Waals surface area contributed by atoms with Crippen molar-refractivity contribution >= 4 is 11.5 Å². The molecular weight excluding hydrogens is 385 g/mol. The normalized spacial score (nSPS) is 16.2. The number of nitrogens with zero attached hydrogens (tertiary/aromatic N) is 6. The van der Waals surface area contributed by atoms with Gasteiger partial charge < -0.3 is 9.64 Å². The molecule has 1 aromatic carbocycles. The van der Waals surface area contributed by atoms with Crippen molar-refractivity contribution in [1.29, 1.82) is 0 Å². The molecule has 0 spiro atoms. The van der Waals surface area contributed by atoms with Gasteiger partial charge in [0.2, 0.25) is 0 Å². The molecule has 154 valence electrons. The third-order valence-corrected chi connectivity index (χ3v) is 5.00. The first-order chi connectivity index (χ1) is 14.0. The molecule has 29 heavy (non-hydrogen) atoms. The van der Waals surface area contributed by atoms with Gasteiger partial charge in [-0.25, -0.2) is 0 Å². The Morgan fingerprint density at radius 1 is 1.00 bits per heavy atom. The fourth-order valence-electron chi connectivity index (χ4n) is 3.56. The van der Waals surface area contributed by atoms with Crippen LogP contribution in [0.5, 0.6) is 5.75 Å².